The summed E-state index contributed by atoms with van der Waals surface area (Å²) in [6.45, 7) is 6.00. The number of benzene rings is 2. The molecule has 2 heterocycles. The zero-order valence-electron chi connectivity index (χ0n) is 19.2. The van der Waals surface area contributed by atoms with Gasteiger partial charge in [0.15, 0.2) is 15.8 Å². The van der Waals surface area contributed by atoms with Gasteiger partial charge in [0.2, 0.25) is 5.91 Å². The molecule has 2 atom stereocenters. The number of hydrogen-bond donors (Lipinski definition) is 1. The summed E-state index contributed by atoms with van der Waals surface area (Å²) in [7, 11) is -1.76. The van der Waals surface area contributed by atoms with Crippen LogP contribution in [0.4, 0.5) is 0 Å². The van der Waals surface area contributed by atoms with Crippen LogP contribution in [0.5, 0.6) is 0 Å². The van der Waals surface area contributed by atoms with E-state index >= 15 is 0 Å². The summed E-state index contributed by atoms with van der Waals surface area (Å²) in [4.78, 5) is 24.6. The van der Waals surface area contributed by atoms with Gasteiger partial charge in [0.05, 0.1) is 17.4 Å². The second kappa shape index (κ2) is 8.81. The average Bonchev–Trinajstić information content (AvgIpc) is 3.29. The van der Waals surface area contributed by atoms with E-state index in [4.69, 9.17) is 10.7 Å². The van der Waals surface area contributed by atoms with E-state index in [0.717, 1.165) is 27.8 Å². The molecule has 0 bridgehead atoms. The smallest absolute Gasteiger partial charge is 0.239 e. The second-order valence-electron chi connectivity index (χ2n) is 8.57. The monoisotopic (exact) mass is 494 g/mol. The summed E-state index contributed by atoms with van der Waals surface area (Å²) in [5.41, 5.74) is 8.98. The molecule has 3 aromatic rings. The van der Waals surface area contributed by atoms with Crippen LogP contribution in [0.2, 0.25) is 0 Å². The van der Waals surface area contributed by atoms with Gasteiger partial charge < -0.3 is 5.73 Å². The molecule has 1 aliphatic heterocycles. The summed E-state index contributed by atoms with van der Waals surface area (Å²) in [6.07, 6.45) is 1.16. The first-order valence-corrected chi connectivity index (χ1v) is 13.4. The van der Waals surface area contributed by atoms with E-state index in [2.05, 4.69) is 17.8 Å². The van der Waals surface area contributed by atoms with Crippen LogP contribution in [0.25, 0.3) is 11.1 Å². The number of rotatable bonds is 6. The molecule has 0 fully saturated rings. The predicted octanol–water partition coefficient (Wildman–Crippen LogP) is 3.80. The summed E-state index contributed by atoms with van der Waals surface area (Å²) < 4.78 is 23.8. The van der Waals surface area contributed by atoms with Gasteiger partial charge in [-0.15, -0.1) is 11.3 Å². The minimum Gasteiger partial charge on any atom is -0.369 e. The molecule has 0 saturated carbocycles. The van der Waals surface area contributed by atoms with Crippen LogP contribution in [-0.2, 0) is 26.7 Å². The number of nitrogens with zero attached hydrogens (tertiary/aromatic N) is 3. The summed E-state index contributed by atoms with van der Waals surface area (Å²) in [5, 5.41) is 2.04. The van der Waals surface area contributed by atoms with Crippen molar-refractivity contribution in [3.8, 4) is 11.1 Å². The molecule has 0 spiro atoms. The van der Waals surface area contributed by atoms with Gasteiger partial charge >= 0.3 is 0 Å². The number of guanidine groups is 1. The fourth-order valence-corrected chi connectivity index (χ4v) is 5.91. The minimum atomic E-state index is -3.35. The molecule has 34 heavy (non-hydrogen) atoms. The van der Waals surface area contributed by atoms with Crippen LogP contribution in [0, 0.1) is 0 Å². The number of hydrogen-bond acceptors (Lipinski definition) is 7. The SMILES string of the molecule is C=NCc1cccc(-c2csc([C@@]3(C)N=C(N)N(C)C(=O)[C@@H]3c3ccc(S(C)(=O)=O)cc3)c2)c1. The number of sulfone groups is 1. The third kappa shape index (κ3) is 4.28. The van der Waals surface area contributed by atoms with E-state index in [1.807, 2.05) is 36.6 Å². The van der Waals surface area contributed by atoms with E-state index in [1.165, 1.54) is 28.4 Å². The predicted molar refractivity (Wildman–Crippen MR) is 137 cm³/mol. The maximum Gasteiger partial charge on any atom is 0.239 e. The van der Waals surface area contributed by atoms with Gasteiger partial charge in [0.1, 0.15) is 5.54 Å². The molecule has 0 saturated heterocycles. The zero-order valence-corrected chi connectivity index (χ0v) is 20.9. The third-order valence-corrected chi connectivity index (χ3v) is 8.41. The van der Waals surface area contributed by atoms with Gasteiger partial charge in [0.25, 0.3) is 0 Å². The lowest BCUT2D eigenvalue weighted by Crippen LogP contribution is -2.52. The van der Waals surface area contributed by atoms with Gasteiger partial charge in [-0.05, 0) is 65.5 Å². The van der Waals surface area contributed by atoms with Crippen LogP contribution in [0.15, 0.2) is 74.9 Å². The first-order valence-electron chi connectivity index (χ1n) is 10.6. The van der Waals surface area contributed by atoms with Crippen molar-refractivity contribution in [1.82, 2.24) is 4.90 Å². The van der Waals surface area contributed by atoms with Gasteiger partial charge in [0, 0.05) is 18.2 Å². The molecule has 7 nitrogen and oxygen atoms in total. The molecule has 0 aliphatic carbocycles. The number of amides is 1. The normalized spacial score (nSPS) is 20.8. The Morgan fingerprint density at radius 3 is 2.53 bits per heavy atom. The van der Waals surface area contributed by atoms with Gasteiger partial charge in [-0.1, -0.05) is 30.3 Å². The molecule has 9 heteroatoms. The minimum absolute atomic E-state index is 0.144. The lowest BCUT2D eigenvalue weighted by molar-refractivity contribution is -0.130. The molecular weight excluding hydrogens is 468 g/mol. The van der Waals surface area contributed by atoms with Gasteiger partial charge in [-0.2, -0.15) is 0 Å². The highest BCUT2D eigenvalue weighted by molar-refractivity contribution is 7.90. The first-order chi connectivity index (χ1) is 16.0. The Labute approximate surface area is 203 Å². The quantitative estimate of drug-likeness (QED) is 0.526. The number of aliphatic imine (C=N–C) groups is 2. The number of nitrogens with two attached hydrogens (primary N) is 1. The third-order valence-electron chi connectivity index (χ3n) is 6.12. The van der Waals surface area contributed by atoms with Crippen molar-refractivity contribution in [3.63, 3.8) is 0 Å². The maximum atomic E-state index is 13.4. The standard InChI is InChI=1S/C25H26N4O3S2/c1-25(21-13-19(15-33-21)18-7-5-6-16(12-18)14-27-2)22(23(30)29(3)24(26)28-25)17-8-10-20(11-9-17)34(4,31)32/h5-13,15,22H,2,14H2,1,3-4H3,(H2,26,28)/t22-,25+/m0/s1. The summed E-state index contributed by atoms with van der Waals surface area (Å²) in [6, 6.07) is 16.5. The molecule has 176 valence electrons. The van der Waals surface area contributed by atoms with E-state index in [-0.39, 0.29) is 16.8 Å². The van der Waals surface area contributed by atoms with E-state index < -0.39 is 21.3 Å². The Morgan fingerprint density at radius 1 is 1.18 bits per heavy atom. The summed E-state index contributed by atoms with van der Waals surface area (Å²) >= 11 is 1.52. The largest absolute Gasteiger partial charge is 0.369 e. The molecule has 1 amide bonds. The number of carbonyl (C=O) groups excluding carboxylic acids is 1. The average molecular weight is 495 g/mol. The zero-order chi connectivity index (χ0) is 24.7. The van der Waals surface area contributed by atoms with Gasteiger partial charge in [-0.25, -0.2) is 13.4 Å². The Balaban J connectivity index is 1.80. The van der Waals surface area contributed by atoms with Crippen molar-refractivity contribution < 1.29 is 13.2 Å². The number of carbonyl (C=O) groups is 1. The Bertz CT molecular complexity index is 1390. The van der Waals surface area contributed by atoms with Crippen LogP contribution < -0.4 is 5.73 Å². The lowest BCUT2D eigenvalue weighted by atomic mass is 9.77. The van der Waals surface area contributed by atoms with Crippen molar-refractivity contribution in [2.24, 2.45) is 15.7 Å². The van der Waals surface area contributed by atoms with Crippen LogP contribution in [-0.4, -0.2) is 45.2 Å². The molecule has 0 radical (unpaired) electrons. The van der Waals surface area contributed by atoms with Crippen molar-refractivity contribution in [2.45, 2.75) is 29.8 Å². The molecule has 2 N–H and O–H groups in total. The van der Waals surface area contributed by atoms with E-state index in [0.29, 0.717) is 12.1 Å². The highest BCUT2D eigenvalue weighted by atomic mass is 32.2. The van der Waals surface area contributed by atoms with Crippen molar-refractivity contribution >= 4 is 39.8 Å². The van der Waals surface area contributed by atoms with Crippen LogP contribution in [0.1, 0.15) is 28.8 Å². The van der Waals surface area contributed by atoms with Gasteiger partial charge in [-0.3, -0.25) is 14.7 Å². The number of likely N-dealkylation sites (N-methyl/N-ethyl adjacent to an activating group) is 1. The molecule has 0 unspecified atom stereocenters. The molecule has 1 aliphatic rings. The molecule has 4 rings (SSSR count). The van der Waals surface area contributed by atoms with E-state index in [1.54, 1.807) is 19.2 Å². The molecule has 2 aromatic carbocycles. The summed E-state index contributed by atoms with van der Waals surface area (Å²) in [5.74, 6) is -0.720. The highest BCUT2D eigenvalue weighted by Gasteiger charge is 2.48. The number of thiophene rings is 1. The Morgan fingerprint density at radius 2 is 1.88 bits per heavy atom. The van der Waals surface area contributed by atoms with Crippen LogP contribution >= 0.6 is 11.3 Å². The van der Waals surface area contributed by atoms with Crippen molar-refractivity contribution in [2.75, 3.05) is 13.3 Å². The van der Waals surface area contributed by atoms with Crippen molar-refractivity contribution in [3.05, 3.63) is 76.0 Å². The topological polar surface area (TPSA) is 105 Å². The lowest BCUT2D eigenvalue weighted by Gasteiger charge is -2.40. The molecular formula is C25H26N4O3S2. The maximum absolute atomic E-state index is 13.4. The fourth-order valence-electron chi connectivity index (χ4n) is 4.23. The van der Waals surface area contributed by atoms with E-state index in [9.17, 15) is 13.2 Å². The Hall–Kier alpha value is -3.30. The molecule has 1 aromatic heterocycles. The first kappa shape index (κ1) is 23.8. The van der Waals surface area contributed by atoms with Crippen LogP contribution in [0.3, 0.4) is 0 Å². The second-order valence-corrected chi connectivity index (χ2v) is 11.5. The fraction of sp³-hybridized carbons (Fsp3) is 0.240. The highest BCUT2D eigenvalue weighted by Crippen LogP contribution is 2.47. The Kier molecular flexibility index (Phi) is 6.18. The van der Waals surface area contributed by atoms with Crippen molar-refractivity contribution in [1.29, 1.82) is 0 Å².